The number of aromatic nitrogens is 2. The number of anilines is 1. The van der Waals surface area contributed by atoms with Crippen molar-refractivity contribution in [1.82, 2.24) is 9.97 Å². The first-order valence-electron chi connectivity index (χ1n) is 6.43. The first-order valence-corrected chi connectivity index (χ1v) is 7.22. The van der Waals surface area contributed by atoms with Crippen molar-refractivity contribution in [2.24, 2.45) is 5.92 Å². The van der Waals surface area contributed by atoms with Crippen molar-refractivity contribution >= 4 is 21.7 Å². The van der Waals surface area contributed by atoms with Gasteiger partial charge in [-0.25, -0.2) is 9.97 Å². The minimum Gasteiger partial charge on any atom is -0.394 e. The van der Waals surface area contributed by atoms with E-state index in [9.17, 15) is 5.11 Å². The summed E-state index contributed by atoms with van der Waals surface area (Å²) in [5, 5.41) is 13.2. The van der Waals surface area contributed by atoms with Crippen LogP contribution in [0.25, 0.3) is 0 Å². The molecule has 4 nitrogen and oxygen atoms in total. The van der Waals surface area contributed by atoms with Gasteiger partial charge < -0.3 is 10.4 Å². The number of nitrogens with zero attached hydrogens (tertiary/aromatic N) is 2. The molecule has 1 saturated carbocycles. The first-order chi connectivity index (χ1) is 8.53. The molecule has 0 saturated heterocycles. The summed E-state index contributed by atoms with van der Waals surface area (Å²) in [6.45, 7) is 4.26. The van der Waals surface area contributed by atoms with Gasteiger partial charge in [-0.15, -0.1) is 0 Å². The summed E-state index contributed by atoms with van der Waals surface area (Å²) in [7, 11) is 0. The first kappa shape index (κ1) is 13.7. The van der Waals surface area contributed by atoms with Gasteiger partial charge >= 0.3 is 0 Å². The molecule has 5 heteroatoms. The van der Waals surface area contributed by atoms with Gasteiger partial charge in [0.2, 0.25) is 0 Å². The van der Waals surface area contributed by atoms with Crippen LogP contribution >= 0.6 is 15.9 Å². The fourth-order valence-corrected chi connectivity index (χ4v) is 3.30. The van der Waals surface area contributed by atoms with Crippen LogP contribution < -0.4 is 5.32 Å². The lowest BCUT2D eigenvalue weighted by Crippen LogP contribution is -2.46. The van der Waals surface area contributed by atoms with E-state index in [-0.39, 0.29) is 12.1 Å². The van der Waals surface area contributed by atoms with Crippen molar-refractivity contribution in [2.45, 2.75) is 45.1 Å². The van der Waals surface area contributed by atoms with E-state index in [0.717, 1.165) is 35.5 Å². The molecule has 1 fully saturated rings. The maximum atomic E-state index is 9.74. The van der Waals surface area contributed by atoms with Gasteiger partial charge in [0.25, 0.3) is 0 Å². The second kappa shape index (κ2) is 5.53. The summed E-state index contributed by atoms with van der Waals surface area (Å²) in [5.41, 5.74) is -0.224. The molecular weight excluding hydrogens is 294 g/mol. The van der Waals surface area contributed by atoms with E-state index >= 15 is 0 Å². The quantitative estimate of drug-likeness (QED) is 0.842. The monoisotopic (exact) mass is 313 g/mol. The van der Waals surface area contributed by atoms with Crippen LogP contribution in [0.15, 0.2) is 10.7 Å². The average molecular weight is 314 g/mol. The second-order valence-electron chi connectivity index (χ2n) is 5.39. The lowest BCUT2D eigenvalue weighted by atomic mass is 9.77. The van der Waals surface area contributed by atoms with E-state index in [1.54, 1.807) is 0 Å². The molecule has 0 amide bonds. The molecule has 1 heterocycles. The topological polar surface area (TPSA) is 58.0 Å². The molecule has 0 aliphatic heterocycles. The molecule has 0 aromatic carbocycles. The summed E-state index contributed by atoms with van der Waals surface area (Å²) in [6, 6.07) is 1.86. The Morgan fingerprint density at radius 2 is 2.33 bits per heavy atom. The van der Waals surface area contributed by atoms with Crippen LogP contribution in [0.5, 0.6) is 0 Å². The van der Waals surface area contributed by atoms with E-state index in [1.165, 1.54) is 6.42 Å². The second-order valence-corrected chi connectivity index (χ2v) is 6.20. The van der Waals surface area contributed by atoms with Crippen LogP contribution in [0.2, 0.25) is 0 Å². The van der Waals surface area contributed by atoms with Crippen LogP contribution in [0.3, 0.4) is 0 Å². The zero-order chi connectivity index (χ0) is 13.2. The molecule has 18 heavy (non-hydrogen) atoms. The lowest BCUT2D eigenvalue weighted by molar-refractivity contribution is 0.149. The number of aryl methyl sites for hydroxylation is 1. The average Bonchev–Trinajstić information content (AvgIpc) is 2.27. The summed E-state index contributed by atoms with van der Waals surface area (Å²) in [6.07, 6.45) is 4.38. The zero-order valence-corrected chi connectivity index (χ0v) is 12.5. The Kier molecular flexibility index (Phi) is 4.22. The van der Waals surface area contributed by atoms with Gasteiger partial charge in [-0.3, -0.25) is 0 Å². The molecule has 2 unspecified atom stereocenters. The van der Waals surface area contributed by atoms with Crippen molar-refractivity contribution in [1.29, 1.82) is 0 Å². The van der Waals surface area contributed by atoms with Crippen LogP contribution in [0.1, 0.15) is 38.4 Å². The number of hydrogen-bond donors (Lipinski definition) is 2. The molecule has 0 bridgehead atoms. The number of hydrogen-bond acceptors (Lipinski definition) is 4. The summed E-state index contributed by atoms with van der Waals surface area (Å²) >= 11 is 3.38. The zero-order valence-electron chi connectivity index (χ0n) is 10.9. The summed E-state index contributed by atoms with van der Waals surface area (Å²) in [5.74, 6) is 2.16. The number of aliphatic hydroxyl groups excluding tert-OH is 1. The molecule has 1 aromatic rings. The predicted molar refractivity (Wildman–Crippen MR) is 75.5 cm³/mol. The smallest absolute Gasteiger partial charge is 0.131 e. The SMILES string of the molecule is Cc1nc(Br)cc(NC2(CO)CCCC(C)C2)n1. The maximum Gasteiger partial charge on any atom is 0.131 e. The van der Waals surface area contributed by atoms with Gasteiger partial charge in [0, 0.05) is 6.07 Å². The molecule has 2 rings (SSSR count). The highest BCUT2D eigenvalue weighted by atomic mass is 79.9. The Labute approximate surface area is 116 Å². The van der Waals surface area contributed by atoms with Crippen LogP contribution in [-0.2, 0) is 0 Å². The van der Waals surface area contributed by atoms with Gasteiger partial charge in [0.1, 0.15) is 16.2 Å². The molecule has 1 aliphatic rings. The van der Waals surface area contributed by atoms with Crippen molar-refractivity contribution in [3.63, 3.8) is 0 Å². The third-order valence-electron chi connectivity index (χ3n) is 3.59. The summed E-state index contributed by atoms with van der Waals surface area (Å²) < 4.78 is 0.773. The third-order valence-corrected chi connectivity index (χ3v) is 4.00. The highest BCUT2D eigenvalue weighted by Gasteiger charge is 2.34. The van der Waals surface area contributed by atoms with E-state index in [4.69, 9.17) is 0 Å². The van der Waals surface area contributed by atoms with Gasteiger partial charge in [-0.2, -0.15) is 0 Å². The molecule has 2 atom stereocenters. The molecule has 0 spiro atoms. The number of nitrogens with one attached hydrogen (secondary N) is 1. The number of halogens is 1. The predicted octanol–water partition coefficient (Wildman–Crippen LogP) is 2.90. The number of aliphatic hydroxyl groups is 1. The van der Waals surface area contributed by atoms with Gasteiger partial charge in [0.05, 0.1) is 12.1 Å². The molecular formula is C13H20BrN3O. The Bertz CT molecular complexity index is 406. The van der Waals surface area contributed by atoms with Gasteiger partial charge in [-0.1, -0.05) is 19.8 Å². The Balaban J connectivity index is 2.18. The van der Waals surface area contributed by atoms with E-state index in [1.807, 2.05) is 13.0 Å². The fourth-order valence-electron chi connectivity index (χ4n) is 2.82. The fraction of sp³-hybridized carbons (Fsp3) is 0.692. The van der Waals surface area contributed by atoms with Crippen molar-refractivity contribution in [3.05, 3.63) is 16.5 Å². The van der Waals surface area contributed by atoms with Crippen molar-refractivity contribution < 1.29 is 5.11 Å². The molecule has 1 aromatic heterocycles. The number of rotatable bonds is 3. The van der Waals surface area contributed by atoms with Gasteiger partial charge in [0.15, 0.2) is 0 Å². The Hall–Kier alpha value is -0.680. The van der Waals surface area contributed by atoms with Crippen LogP contribution in [0.4, 0.5) is 5.82 Å². The highest BCUT2D eigenvalue weighted by Crippen LogP contribution is 2.34. The minimum absolute atomic E-state index is 0.151. The standard InChI is InChI=1S/C13H20BrN3O/c1-9-4-3-5-13(7-9,8-18)17-12-6-11(14)15-10(2)16-12/h6,9,18H,3-5,7-8H2,1-2H3,(H,15,16,17). The lowest BCUT2D eigenvalue weighted by Gasteiger charge is -2.39. The molecule has 1 aliphatic carbocycles. The maximum absolute atomic E-state index is 9.74. The molecule has 2 N–H and O–H groups in total. The van der Waals surface area contributed by atoms with Crippen molar-refractivity contribution in [2.75, 3.05) is 11.9 Å². The van der Waals surface area contributed by atoms with Gasteiger partial charge in [-0.05, 0) is 41.6 Å². The Morgan fingerprint density at radius 1 is 1.56 bits per heavy atom. The largest absolute Gasteiger partial charge is 0.394 e. The van der Waals surface area contributed by atoms with E-state index < -0.39 is 0 Å². The van der Waals surface area contributed by atoms with Crippen molar-refractivity contribution in [3.8, 4) is 0 Å². The molecule has 100 valence electrons. The normalized spacial score (nSPS) is 28.1. The summed E-state index contributed by atoms with van der Waals surface area (Å²) in [4.78, 5) is 8.58. The molecule has 0 radical (unpaired) electrons. The van der Waals surface area contributed by atoms with Crippen LogP contribution in [0, 0.1) is 12.8 Å². The highest BCUT2D eigenvalue weighted by molar-refractivity contribution is 9.10. The Morgan fingerprint density at radius 3 is 2.94 bits per heavy atom. The minimum atomic E-state index is -0.224. The van der Waals surface area contributed by atoms with Crippen LogP contribution in [-0.4, -0.2) is 27.2 Å². The van der Waals surface area contributed by atoms with E-state index in [0.29, 0.717) is 5.92 Å². The van der Waals surface area contributed by atoms with E-state index in [2.05, 4.69) is 38.1 Å². The third kappa shape index (κ3) is 3.20.